The topological polar surface area (TPSA) is 76.7 Å². The first kappa shape index (κ1) is 15.1. The fourth-order valence-corrected chi connectivity index (χ4v) is 2.46. The molecule has 1 amide bonds. The number of nitrogens with two attached hydrogens (primary N) is 1. The van der Waals surface area contributed by atoms with Gasteiger partial charge in [0.2, 0.25) is 0 Å². The number of rotatable bonds is 5. The lowest BCUT2D eigenvalue weighted by Crippen LogP contribution is -2.12. The molecule has 2 aromatic rings. The molecule has 1 heterocycles. The molecule has 0 aliphatic carbocycles. The van der Waals surface area contributed by atoms with Gasteiger partial charge in [0.15, 0.2) is 0 Å². The van der Waals surface area contributed by atoms with Gasteiger partial charge in [-0.1, -0.05) is 30.3 Å². The molecule has 23 heavy (non-hydrogen) atoms. The van der Waals surface area contributed by atoms with Crippen LogP contribution in [0.4, 0.5) is 5.69 Å². The number of aliphatic imine (C=N–C) groups is 1. The minimum absolute atomic E-state index is 0.107. The predicted molar refractivity (Wildman–Crippen MR) is 90.5 cm³/mol. The number of nitrogens with zero attached hydrogens (tertiary/aromatic N) is 1. The molecular formula is C18H19N3O2. The normalized spacial score (nSPS) is 16.5. The Labute approximate surface area is 135 Å². The van der Waals surface area contributed by atoms with Gasteiger partial charge in [-0.25, -0.2) is 4.99 Å². The number of aryl methyl sites for hydroxylation is 1. The summed E-state index contributed by atoms with van der Waals surface area (Å²) in [5.74, 6) is -0.107. The van der Waals surface area contributed by atoms with Crippen molar-refractivity contribution in [3.63, 3.8) is 0 Å². The zero-order chi connectivity index (χ0) is 16.1. The van der Waals surface area contributed by atoms with E-state index in [-0.39, 0.29) is 18.0 Å². The van der Waals surface area contributed by atoms with Crippen LogP contribution in [0.2, 0.25) is 0 Å². The first-order valence-electron chi connectivity index (χ1n) is 7.62. The number of nitrogens with one attached hydrogen (secondary N) is 1. The first-order valence-corrected chi connectivity index (χ1v) is 7.62. The van der Waals surface area contributed by atoms with Crippen molar-refractivity contribution in [3.8, 4) is 0 Å². The van der Waals surface area contributed by atoms with Crippen LogP contribution in [0.1, 0.15) is 22.3 Å². The number of benzene rings is 2. The van der Waals surface area contributed by atoms with Crippen molar-refractivity contribution in [2.24, 2.45) is 10.7 Å². The van der Waals surface area contributed by atoms with E-state index >= 15 is 0 Å². The van der Waals surface area contributed by atoms with Crippen LogP contribution >= 0.6 is 0 Å². The minimum Gasteiger partial charge on any atom is -0.463 e. The van der Waals surface area contributed by atoms with Crippen molar-refractivity contribution in [1.82, 2.24) is 0 Å². The molecule has 1 aliphatic heterocycles. The fraction of sp³-hybridized carbons (Fsp3) is 0.222. The van der Waals surface area contributed by atoms with Gasteiger partial charge in [0.05, 0.1) is 6.04 Å². The number of carbonyl (C=O) groups excluding carboxylic acids is 1. The fourth-order valence-electron chi connectivity index (χ4n) is 2.46. The lowest BCUT2D eigenvalue weighted by Gasteiger charge is -2.07. The second kappa shape index (κ2) is 6.96. The largest absolute Gasteiger partial charge is 0.463 e. The molecule has 3 rings (SSSR count). The molecule has 2 aromatic carbocycles. The molecule has 1 unspecified atom stereocenters. The lowest BCUT2D eigenvalue weighted by atomic mass is 10.0. The highest BCUT2D eigenvalue weighted by Gasteiger charge is 2.16. The number of hydrogen-bond donors (Lipinski definition) is 2. The maximum absolute atomic E-state index is 12.2. The van der Waals surface area contributed by atoms with Crippen molar-refractivity contribution in [2.75, 3.05) is 11.9 Å². The molecule has 1 aliphatic rings. The van der Waals surface area contributed by atoms with E-state index < -0.39 is 0 Å². The summed E-state index contributed by atoms with van der Waals surface area (Å²) in [7, 11) is 0. The Bertz CT molecular complexity index is 696. The molecule has 0 spiro atoms. The van der Waals surface area contributed by atoms with Gasteiger partial charge in [-0.2, -0.15) is 0 Å². The van der Waals surface area contributed by atoms with Crippen molar-refractivity contribution >= 4 is 17.6 Å². The van der Waals surface area contributed by atoms with Gasteiger partial charge in [0.1, 0.15) is 6.61 Å². The lowest BCUT2D eigenvalue weighted by molar-refractivity contribution is 0.102. The molecule has 0 fully saturated rings. The number of amidine groups is 1. The van der Waals surface area contributed by atoms with Gasteiger partial charge >= 0.3 is 0 Å². The molecule has 118 valence electrons. The number of carbonyl (C=O) groups is 1. The highest BCUT2D eigenvalue weighted by Crippen LogP contribution is 2.14. The Balaban J connectivity index is 1.55. The van der Waals surface area contributed by atoms with Gasteiger partial charge in [-0.05, 0) is 42.7 Å². The molecule has 0 aromatic heterocycles. The molecule has 1 atom stereocenters. The van der Waals surface area contributed by atoms with Gasteiger partial charge in [0.25, 0.3) is 11.9 Å². The van der Waals surface area contributed by atoms with Crippen LogP contribution in [0.3, 0.4) is 0 Å². The molecule has 5 heteroatoms. The number of anilines is 1. The quantitative estimate of drug-likeness (QED) is 0.891. The van der Waals surface area contributed by atoms with Crippen LogP contribution in [-0.2, 0) is 11.2 Å². The summed E-state index contributed by atoms with van der Waals surface area (Å²) in [6.45, 7) is 0.559. The summed E-state index contributed by atoms with van der Waals surface area (Å²) < 4.78 is 5.14. The maximum atomic E-state index is 12.2. The second-order valence-corrected chi connectivity index (χ2v) is 5.49. The standard InChI is InChI=1S/C18H19N3O2/c19-18-21-16(12-23-18)11-8-13-6-9-14(10-7-13)17(22)20-15-4-2-1-3-5-15/h1-7,9-10,16H,8,11-12H2,(H2,19,21)(H,20,22). The third-order valence-electron chi connectivity index (χ3n) is 3.75. The van der Waals surface area contributed by atoms with E-state index in [1.54, 1.807) is 0 Å². The molecule has 0 saturated heterocycles. The van der Waals surface area contributed by atoms with Crippen molar-refractivity contribution in [2.45, 2.75) is 18.9 Å². The second-order valence-electron chi connectivity index (χ2n) is 5.49. The van der Waals surface area contributed by atoms with Gasteiger partial charge < -0.3 is 15.8 Å². The summed E-state index contributed by atoms with van der Waals surface area (Å²) in [6.07, 6.45) is 1.77. The van der Waals surface area contributed by atoms with Crippen LogP contribution in [0.5, 0.6) is 0 Å². The average molecular weight is 309 g/mol. The van der Waals surface area contributed by atoms with Crippen molar-refractivity contribution in [1.29, 1.82) is 0 Å². The SMILES string of the molecule is NC1=NC(CCc2ccc(C(=O)Nc3ccccc3)cc2)CO1. The van der Waals surface area contributed by atoms with E-state index in [1.165, 1.54) is 5.56 Å². The number of amides is 1. The van der Waals surface area contributed by atoms with Crippen LogP contribution < -0.4 is 11.1 Å². The van der Waals surface area contributed by atoms with E-state index in [4.69, 9.17) is 10.5 Å². The highest BCUT2D eigenvalue weighted by molar-refractivity contribution is 6.04. The third-order valence-corrected chi connectivity index (χ3v) is 3.75. The summed E-state index contributed by atoms with van der Waals surface area (Å²) in [6, 6.07) is 17.5. The Morgan fingerprint density at radius 1 is 1.17 bits per heavy atom. The van der Waals surface area contributed by atoms with Crippen molar-refractivity contribution < 1.29 is 9.53 Å². The summed E-state index contributed by atoms with van der Waals surface area (Å²) in [4.78, 5) is 16.4. The molecule has 0 bridgehead atoms. The van der Waals surface area contributed by atoms with Crippen LogP contribution in [0.25, 0.3) is 0 Å². The van der Waals surface area contributed by atoms with E-state index in [0.29, 0.717) is 12.2 Å². The third kappa shape index (κ3) is 4.10. The molecule has 5 nitrogen and oxygen atoms in total. The smallest absolute Gasteiger partial charge is 0.282 e. The zero-order valence-corrected chi connectivity index (χ0v) is 12.7. The maximum Gasteiger partial charge on any atom is 0.282 e. The van der Waals surface area contributed by atoms with E-state index in [2.05, 4.69) is 10.3 Å². The Morgan fingerprint density at radius 3 is 2.57 bits per heavy atom. The van der Waals surface area contributed by atoms with Crippen LogP contribution in [0, 0.1) is 0 Å². The van der Waals surface area contributed by atoms with E-state index in [9.17, 15) is 4.79 Å². The Hall–Kier alpha value is -2.82. The number of hydrogen-bond acceptors (Lipinski definition) is 4. The predicted octanol–water partition coefficient (Wildman–Crippen LogP) is 2.59. The van der Waals surface area contributed by atoms with Gasteiger partial charge in [-0.3, -0.25) is 4.79 Å². The highest BCUT2D eigenvalue weighted by atomic mass is 16.5. The zero-order valence-electron chi connectivity index (χ0n) is 12.7. The molecule has 0 saturated carbocycles. The molecule has 0 radical (unpaired) electrons. The van der Waals surface area contributed by atoms with E-state index in [0.717, 1.165) is 18.5 Å². The van der Waals surface area contributed by atoms with Crippen LogP contribution in [-0.4, -0.2) is 24.6 Å². The first-order chi connectivity index (χ1) is 11.2. The van der Waals surface area contributed by atoms with E-state index in [1.807, 2.05) is 54.6 Å². The summed E-state index contributed by atoms with van der Waals surface area (Å²) in [5, 5.41) is 2.87. The van der Waals surface area contributed by atoms with Gasteiger partial charge in [-0.15, -0.1) is 0 Å². The van der Waals surface area contributed by atoms with Crippen LogP contribution in [0.15, 0.2) is 59.6 Å². The Morgan fingerprint density at radius 2 is 1.91 bits per heavy atom. The summed E-state index contributed by atoms with van der Waals surface area (Å²) >= 11 is 0. The van der Waals surface area contributed by atoms with Crippen molar-refractivity contribution in [3.05, 3.63) is 65.7 Å². The Kier molecular flexibility index (Phi) is 4.57. The molecule has 3 N–H and O–H groups in total. The average Bonchev–Trinajstić information content (AvgIpc) is 3.00. The monoisotopic (exact) mass is 309 g/mol. The van der Waals surface area contributed by atoms with Gasteiger partial charge in [0, 0.05) is 11.3 Å². The molecular weight excluding hydrogens is 290 g/mol. The number of ether oxygens (including phenoxy) is 1. The summed E-state index contributed by atoms with van der Waals surface area (Å²) in [5.41, 5.74) is 8.10. The number of para-hydroxylation sites is 1. The minimum atomic E-state index is -0.107.